The number of hydrogen-bond acceptors (Lipinski definition) is 2. The number of quaternary nitrogens is 1. The molecule has 0 aliphatic rings. The molecule has 0 saturated heterocycles. The van der Waals surface area contributed by atoms with E-state index in [1.165, 1.54) is 6.07 Å². The maximum atomic E-state index is 13.6. The topological polar surface area (TPSA) is 50.0 Å². The Hall–Kier alpha value is -2.43. The van der Waals surface area contributed by atoms with Gasteiger partial charge in [-0.25, -0.2) is 4.39 Å². The normalized spacial score (nSPS) is 12.3. The highest BCUT2D eigenvalue weighted by molar-refractivity contribution is 5.58. The number of nitrogens with two attached hydrogens (primary N) is 1. The van der Waals surface area contributed by atoms with Crippen molar-refractivity contribution in [2.75, 3.05) is 6.54 Å². The summed E-state index contributed by atoms with van der Waals surface area (Å²) in [6.07, 6.45) is 0.228. The Kier molecular flexibility index (Phi) is 5.64. The lowest BCUT2D eigenvalue weighted by Crippen LogP contribution is -2.83. The summed E-state index contributed by atoms with van der Waals surface area (Å²) in [5, 5.41) is 11.7. The molecule has 4 heteroatoms. The van der Waals surface area contributed by atoms with Gasteiger partial charge < -0.3 is 14.8 Å². The fourth-order valence-electron chi connectivity index (χ4n) is 2.77. The Morgan fingerprint density at radius 3 is 2.52 bits per heavy atom. The molecule has 0 bridgehead atoms. The smallest absolute Gasteiger partial charge is 0.158 e. The molecule has 1 heterocycles. The Balaban J connectivity index is 1.52. The summed E-state index contributed by atoms with van der Waals surface area (Å²) in [6.45, 7) is 3.28. The van der Waals surface area contributed by atoms with Crippen LogP contribution in [0.4, 0.5) is 4.39 Å². The molecular weight excluding hydrogens is 317 g/mol. The van der Waals surface area contributed by atoms with Crippen LogP contribution in [0.15, 0.2) is 65.1 Å². The molecule has 0 spiro atoms. The van der Waals surface area contributed by atoms with Crippen molar-refractivity contribution < 1.29 is 19.2 Å². The first-order chi connectivity index (χ1) is 12.1. The quantitative estimate of drug-likeness (QED) is 0.647. The molecule has 0 aliphatic carbocycles. The molecule has 0 amide bonds. The molecule has 0 saturated carbocycles. The second kappa shape index (κ2) is 8.10. The number of rotatable bonds is 7. The Labute approximate surface area is 147 Å². The van der Waals surface area contributed by atoms with Gasteiger partial charge in [0.2, 0.25) is 0 Å². The van der Waals surface area contributed by atoms with Crippen molar-refractivity contribution in [1.29, 1.82) is 0 Å². The lowest BCUT2D eigenvalue weighted by Gasteiger charge is -2.05. The molecule has 0 fully saturated rings. The number of halogens is 1. The first-order valence-electron chi connectivity index (χ1n) is 8.55. The lowest BCUT2D eigenvalue weighted by molar-refractivity contribution is -0.671. The van der Waals surface area contributed by atoms with E-state index in [1.807, 2.05) is 48.5 Å². The van der Waals surface area contributed by atoms with Crippen LogP contribution in [-0.2, 0) is 13.0 Å². The van der Waals surface area contributed by atoms with E-state index >= 15 is 0 Å². The van der Waals surface area contributed by atoms with Gasteiger partial charge >= 0.3 is 0 Å². The third-order valence-electron chi connectivity index (χ3n) is 4.26. The average molecular weight is 340 g/mol. The lowest BCUT2D eigenvalue weighted by atomic mass is 10.1. The van der Waals surface area contributed by atoms with Gasteiger partial charge in [0.15, 0.2) is 5.76 Å². The fraction of sp³-hybridized carbons (Fsp3) is 0.238. The third-order valence-corrected chi connectivity index (χ3v) is 4.26. The van der Waals surface area contributed by atoms with Gasteiger partial charge in [0.05, 0.1) is 12.6 Å². The van der Waals surface area contributed by atoms with Gasteiger partial charge in [0.25, 0.3) is 0 Å². The minimum Gasteiger partial charge on any atom is -0.455 e. The molecule has 3 rings (SSSR count). The van der Waals surface area contributed by atoms with Gasteiger partial charge in [-0.3, -0.25) is 0 Å². The molecule has 0 radical (unpaired) electrons. The second-order valence-electron chi connectivity index (χ2n) is 6.19. The fourth-order valence-corrected chi connectivity index (χ4v) is 2.77. The van der Waals surface area contributed by atoms with E-state index in [9.17, 15) is 9.50 Å². The standard InChI is InChI=1S/C21H22FNO2/c1-15(24)16-6-8-18(9-7-16)21-11-10-19(25-21)14-23-13-12-17-4-2-3-5-20(17)22/h2-11,15,23-24H,12-14H2,1H3/p+1/t15-/m1/s1. The van der Waals surface area contributed by atoms with Crippen LogP contribution in [0, 0.1) is 5.82 Å². The summed E-state index contributed by atoms with van der Waals surface area (Å²) in [6, 6.07) is 18.5. The number of hydrogen-bond donors (Lipinski definition) is 2. The highest BCUT2D eigenvalue weighted by atomic mass is 19.1. The highest BCUT2D eigenvalue weighted by Gasteiger charge is 2.08. The summed E-state index contributed by atoms with van der Waals surface area (Å²) >= 11 is 0. The molecule has 25 heavy (non-hydrogen) atoms. The Morgan fingerprint density at radius 2 is 1.80 bits per heavy atom. The van der Waals surface area contributed by atoms with Crippen molar-refractivity contribution in [1.82, 2.24) is 0 Å². The van der Waals surface area contributed by atoms with Gasteiger partial charge in [0, 0.05) is 12.0 Å². The van der Waals surface area contributed by atoms with Gasteiger partial charge in [-0.15, -0.1) is 0 Å². The Morgan fingerprint density at radius 1 is 1.04 bits per heavy atom. The van der Waals surface area contributed by atoms with Crippen LogP contribution in [0.1, 0.15) is 29.9 Å². The van der Waals surface area contributed by atoms with Gasteiger partial charge in [-0.2, -0.15) is 0 Å². The van der Waals surface area contributed by atoms with Crippen LogP contribution in [-0.4, -0.2) is 11.7 Å². The van der Waals surface area contributed by atoms with Crippen LogP contribution in [0.2, 0.25) is 0 Å². The highest BCUT2D eigenvalue weighted by Crippen LogP contribution is 2.23. The summed E-state index contributed by atoms with van der Waals surface area (Å²) in [4.78, 5) is 0. The van der Waals surface area contributed by atoms with E-state index in [0.717, 1.165) is 41.3 Å². The maximum Gasteiger partial charge on any atom is 0.158 e. The molecule has 0 aliphatic heterocycles. The number of aliphatic hydroxyl groups is 1. The summed E-state index contributed by atoms with van der Waals surface area (Å²) in [7, 11) is 0. The van der Waals surface area contributed by atoms with E-state index in [-0.39, 0.29) is 5.82 Å². The summed E-state index contributed by atoms with van der Waals surface area (Å²) < 4.78 is 19.4. The zero-order valence-corrected chi connectivity index (χ0v) is 14.3. The number of aliphatic hydroxyl groups excluding tert-OH is 1. The SMILES string of the molecule is C[C@@H](O)c1ccc(-c2ccc(C[NH2+]CCc3ccccc3F)o2)cc1. The van der Waals surface area contributed by atoms with E-state index in [0.29, 0.717) is 6.42 Å². The first kappa shape index (κ1) is 17.4. The van der Waals surface area contributed by atoms with Crippen molar-refractivity contribution >= 4 is 0 Å². The molecule has 3 nitrogen and oxygen atoms in total. The van der Waals surface area contributed by atoms with E-state index < -0.39 is 6.10 Å². The monoisotopic (exact) mass is 340 g/mol. The average Bonchev–Trinajstić information content (AvgIpc) is 3.09. The van der Waals surface area contributed by atoms with E-state index in [1.54, 1.807) is 13.0 Å². The minimum absolute atomic E-state index is 0.142. The molecule has 1 aromatic heterocycles. The molecule has 2 aromatic carbocycles. The van der Waals surface area contributed by atoms with Crippen LogP contribution in [0.5, 0.6) is 0 Å². The molecule has 3 aromatic rings. The van der Waals surface area contributed by atoms with Crippen molar-refractivity contribution in [3.05, 3.63) is 83.4 Å². The largest absolute Gasteiger partial charge is 0.455 e. The van der Waals surface area contributed by atoms with E-state index in [4.69, 9.17) is 4.42 Å². The molecule has 130 valence electrons. The predicted molar refractivity (Wildman–Crippen MR) is 95.4 cm³/mol. The predicted octanol–water partition coefficient (Wildman–Crippen LogP) is 3.45. The first-order valence-corrected chi connectivity index (χ1v) is 8.55. The van der Waals surface area contributed by atoms with E-state index in [2.05, 4.69) is 5.32 Å². The number of benzene rings is 2. The van der Waals surface area contributed by atoms with Crippen molar-refractivity contribution in [3.63, 3.8) is 0 Å². The second-order valence-corrected chi connectivity index (χ2v) is 6.19. The van der Waals surface area contributed by atoms with Crippen molar-refractivity contribution in [3.8, 4) is 11.3 Å². The molecule has 3 N–H and O–H groups in total. The summed E-state index contributed by atoms with van der Waals surface area (Å²) in [5.74, 6) is 1.56. The van der Waals surface area contributed by atoms with Crippen LogP contribution in [0.25, 0.3) is 11.3 Å². The Bertz CT molecular complexity index is 809. The molecule has 1 atom stereocenters. The van der Waals surface area contributed by atoms with Crippen molar-refractivity contribution in [2.24, 2.45) is 0 Å². The zero-order chi connectivity index (χ0) is 17.6. The third kappa shape index (κ3) is 4.56. The van der Waals surface area contributed by atoms with Crippen LogP contribution in [0.3, 0.4) is 0 Å². The van der Waals surface area contributed by atoms with Gasteiger partial charge in [-0.1, -0.05) is 42.5 Å². The molecule has 0 unspecified atom stereocenters. The summed E-state index contributed by atoms with van der Waals surface area (Å²) in [5.41, 5.74) is 2.62. The number of furan rings is 1. The van der Waals surface area contributed by atoms with Crippen molar-refractivity contribution in [2.45, 2.75) is 26.0 Å². The maximum absolute atomic E-state index is 13.6. The molecular formula is C21H23FNO2+. The van der Waals surface area contributed by atoms with Gasteiger partial charge in [0.1, 0.15) is 18.1 Å². The van der Waals surface area contributed by atoms with Crippen LogP contribution < -0.4 is 5.32 Å². The van der Waals surface area contributed by atoms with Crippen LogP contribution >= 0.6 is 0 Å². The van der Waals surface area contributed by atoms with Gasteiger partial charge in [-0.05, 0) is 36.2 Å². The minimum atomic E-state index is -0.467. The zero-order valence-electron chi connectivity index (χ0n) is 14.3.